The average Bonchev–Trinajstić information content (AvgIpc) is 4.11. The molecule has 5 aromatic rings. The topological polar surface area (TPSA) is 150 Å². The standard InChI is InChI=1S/C54H51N3O9/c1-34(37-14-7-4-8-15-37)55-53(62)56-43-27-24-36(21-20-35-22-25-40(63-3)26-23-35)32-42(43)44(51(59)60)47-52(61)66-49(54(2)28-11-6-12-29-54)46(38-16-9-5-10-17-38)57(47)45(48-50(56)65-48)39-18-13-19-41(33-39)64-31-30-58/h4-19,22-28,32-34,44-50,58H,29-31H2,1-3H3,(H,55,62)(H,59,60)/t34-,44-,45+,46-,47-,48?,49-,50?,54?/m0/s1. The molecule has 3 unspecified atom stereocenters. The summed E-state index contributed by atoms with van der Waals surface area (Å²) in [4.78, 5) is 48.3. The number of carbonyl (C=O) groups excluding carboxylic acids is 2. The van der Waals surface area contributed by atoms with Crippen molar-refractivity contribution in [2.45, 2.75) is 68.8 Å². The van der Waals surface area contributed by atoms with Crippen LogP contribution in [0, 0.1) is 17.3 Å². The van der Waals surface area contributed by atoms with E-state index < -0.39 is 71.9 Å². The number of allylic oxidation sites excluding steroid dienone is 3. The van der Waals surface area contributed by atoms with Gasteiger partial charge in [-0.1, -0.05) is 116 Å². The average molecular weight is 886 g/mol. The molecule has 2 fully saturated rings. The summed E-state index contributed by atoms with van der Waals surface area (Å²) in [6.45, 7) is 3.75. The number of esters is 1. The Morgan fingerprint density at radius 1 is 0.848 bits per heavy atom. The van der Waals surface area contributed by atoms with Crippen molar-refractivity contribution in [2.24, 2.45) is 5.41 Å². The van der Waals surface area contributed by atoms with Crippen molar-refractivity contribution in [3.8, 4) is 23.3 Å². The van der Waals surface area contributed by atoms with E-state index in [1.165, 1.54) is 4.90 Å². The van der Waals surface area contributed by atoms with E-state index >= 15 is 9.59 Å². The van der Waals surface area contributed by atoms with Crippen LogP contribution in [0.4, 0.5) is 10.5 Å². The molecule has 0 bridgehead atoms. The Morgan fingerprint density at radius 2 is 1.56 bits per heavy atom. The third kappa shape index (κ3) is 8.68. The number of methoxy groups -OCH3 is 1. The highest BCUT2D eigenvalue weighted by Gasteiger charge is 2.63. The first-order chi connectivity index (χ1) is 32.1. The number of carboxylic acids is 1. The van der Waals surface area contributed by atoms with Gasteiger partial charge in [-0.3, -0.25) is 19.4 Å². The Morgan fingerprint density at radius 3 is 2.26 bits per heavy atom. The van der Waals surface area contributed by atoms with E-state index in [4.69, 9.17) is 18.9 Å². The zero-order valence-corrected chi connectivity index (χ0v) is 36.8. The summed E-state index contributed by atoms with van der Waals surface area (Å²) >= 11 is 0. The Bertz CT molecular complexity index is 2710. The second kappa shape index (κ2) is 18.7. The number of fused-ring (bicyclic) bond motifs is 3. The lowest BCUT2D eigenvalue weighted by Gasteiger charge is -2.53. The van der Waals surface area contributed by atoms with Gasteiger partial charge in [0.05, 0.1) is 37.5 Å². The molecule has 66 heavy (non-hydrogen) atoms. The van der Waals surface area contributed by atoms with Crippen molar-refractivity contribution >= 4 is 23.7 Å². The number of amides is 2. The van der Waals surface area contributed by atoms with Gasteiger partial charge in [0.2, 0.25) is 0 Å². The SMILES string of the molecule is COc1ccc(C#Cc2ccc3c(c2)[C@H](C(=O)O)[C@H]2C(=O)O[C@H](C4(C)C=CC=CC4)[C@H](c4ccccc4)N2[C@H](c2cccc(OCCO)c2)C2OC2N3C(=O)N[C@@H](C)c2ccccc2)cc1. The molecule has 12 heteroatoms. The number of aliphatic carboxylic acids is 1. The van der Waals surface area contributed by atoms with Crippen LogP contribution in [-0.2, 0) is 19.1 Å². The number of aliphatic hydroxyl groups is 1. The largest absolute Gasteiger partial charge is 0.497 e. The number of urea groups is 1. The molecular formula is C54H51N3O9. The van der Waals surface area contributed by atoms with Crippen LogP contribution in [0.5, 0.6) is 11.5 Å². The number of ether oxygens (including phenoxy) is 4. The van der Waals surface area contributed by atoms with Crippen molar-refractivity contribution in [3.05, 3.63) is 185 Å². The first-order valence-electron chi connectivity index (χ1n) is 22.1. The predicted molar refractivity (Wildman–Crippen MR) is 248 cm³/mol. The summed E-state index contributed by atoms with van der Waals surface area (Å²) in [5, 5.41) is 24.6. The number of cyclic esters (lactones) is 1. The molecule has 0 saturated carbocycles. The molecule has 0 radical (unpaired) electrons. The quantitative estimate of drug-likeness (QED) is 0.0711. The minimum Gasteiger partial charge on any atom is -0.497 e. The minimum atomic E-state index is -1.59. The van der Waals surface area contributed by atoms with Gasteiger partial charge in [-0.05, 0) is 90.2 Å². The van der Waals surface area contributed by atoms with Gasteiger partial charge in [0.15, 0.2) is 6.23 Å². The maximum absolute atomic E-state index is 15.4. The van der Waals surface area contributed by atoms with Crippen molar-refractivity contribution in [1.82, 2.24) is 10.2 Å². The second-order valence-electron chi connectivity index (χ2n) is 17.2. The lowest BCUT2D eigenvalue weighted by Crippen LogP contribution is -2.62. The van der Waals surface area contributed by atoms with Gasteiger partial charge in [0.1, 0.15) is 42.3 Å². The third-order valence-corrected chi connectivity index (χ3v) is 12.9. The number of nitrogens with one attached hydrogen (secondary N) is 1. The highest BCUT2D eigenvalue weighted by Crippen LogP contribution is 2.56. The number of nitrogens with zero attached hydrogens (tertiary/aromatic N) is 2. The molecular weight excluding hydrogens is 835 g/mol. The van der Waals surface area contributed by atoms with Gasteiger partial charge in [-0.25, -0.2) is 4.79 Å². The van der Waals surface area contributed by atoms with Crippen LogP contribution in [0.15, 0.2) is 152 Å². The molecule has 4 aliphatic rings. The lowest BCUT2D eigenvalue weighted by atomic mass is 9.71. The molecule has 1 aliphatic carbocycles. The maximum atomic E-state index is 15.4. The third-order valence-electron chi connectivity index (χ3n) is 12.9. The molecule has 0 spiro atoms. The van der Waals surface area contributed by atoms with E-state index in [9.17, 15) is 15.0 Å². The maximum Gasteiger partial charge on any atom is 0.325 e. The summed E-state index contributed by atoms with van der Waals surface area (Å²) < 4.78 is 24.7. The number of epoxide rings is 1. The summed E-state index contributed by atoms with van der Waals surface area (Å²) in [6, 6.07) is 34.9. The Balaban J connectivity index is 1.28. The summed E-state index contributed by atoms with van der Waals surface area (Å²) in [5.74, 6) is 3.89. The minimum absolute atomic E-state index is 0.0376. The normalized spacial score (nSPS) is 25.7. The number of hydrogen-bond donors (Lipinski definition) is 3. The number of anilines is 1. The smallest absolute Gasteiger partial charge is 0.325 e. The number of rotatable bonds is 10. The molecule has 2 amide bonds. The van der Waals surface area contributed by atoms with Gasteiger partial charge >= 0.3 is 18.0 Å². The molecule has 9 atom stereocenters. The van der Waals surface area contributed by atoms with Crippen molar-refractivity contribution in [2.75, 3.05) is 25.2 Å². The molecule has 336 valence electrons. The lowest BCUT2D eigenvalue weighted by molar-refractivity contribution is -0.194. The number of hydrogen-bond acceptors (Lipinski definition) is 9. The number of carboxylic acid groups (broad SMARTS) is 1. The number of benzene rings is 5. The fourth-order valence-corrected chi connectivity index (χ4v) is 9.65. The van der Waals surface area contributed by atoms with Crippen LogP contribution in [-0.4, -0.2) is 77.9 Å². The number of morpholine rings is 1. The molecule has 3 N–H and O–H groups in total. The van der Waals surface area contributed by atoms with E-state index in [-0.39, 0.29) is 24.5 Å². The van der Waals surface area contributed by atoms with Crippen LogP contribution in [0.1, 0.15) is 77.7 Å². The summed E-state index contributed by atoms with van der Waals surface area (Å²) in [6.07, 6.45) is 6.02. The van der Waals surface area contributed by atoms with E-state index in [1.54, 1.807) is 43.5 Å². The zero-order chi connectivity index (χ0) is 46.0. The number of aliphatic hydroxyl groups excluding tert-OH is 1. The molecule has 3 aliphatic heterocycles. The van der Waals surface area contributed by atoms with Crippen LogP contribution in [0.3, 0.4) is 0 Å². The van der Waals surface area contributed by atoms with Gasteiger partial charge in [0.25, 0.3) is 0 Å². The van der Waals surface area contributed by atoms with Crippen molar-refractivity contribution in [1.29, 1.82) is 0 Å². The molecule has 3 heterocycles. The predicted octanol–water partition coefficient (Wildman–Crippen LogP) is 8.25. The Hall–Kier alpha value is -7.17. The van der Waals surface area contributed by atoms with Crippen molar-refractivity contribution in [3.63, 3.8) is 0 Å². The van der Waals surface area contributed by atoms with Crippen LogP contribution in [0.25, 0.3) is 0 Å². The van der Waals surface area contributed by atoms with E-state index in [0.29, 0.717) is 34.6 Å². The first kappa shape index (κ1) is 44.1. The molecule has 12 nitrogen and oxygen atoms in total. The molecule has 5 aromatic carbocycles. The van der Waals surface area contributed by atoms with Gasteiger partial charge in [-0.2, -0.15) is 0 Å². The first-order valence-corrected chi connectivity index (χ1v) is 22.1. The Labute approximate surface area is 384 Å². The fraction of sp³-hybridized carbons (Fsp3) is 0.278. The van der Waals surface area contributed by atoms with Gasteiger partial charge < -0.3 is 34.5 Å². The van der Waals surface area contributed by atoms with E-state index in [0.717, 1.165) is 11.1 Å². The zero-order valence-electron chi connectivity index (χ0n) is 36.8. The van der Waals surface area contributed by atoms with Crippen LogP contribution >= 0.6 is 0 Å². The number of carbonyl (C=O) groups is 3. The fourth-order valence-electron chi connectivity index (χ4n) is 9.65. The van der Waals surface area contributed by atoms with Gasteiger partial charge in [-0.15, -0.1) is 0 Å². The van der Waals surface area contributed by atoms with Crippen LogP contribution < -0.4 is 19.7 Å². The Kier molecular flexibility index (Phi) is 12.5. The van der Waals surface area contributed by atoms with E-state index in [2.05, 4.69) is 17.2 Å². The van der Waals surface area contributed by atoms with E-state index in [1.807, 2.05) is 134 Å². The second-order valence-corrected chi connectivity index (χ2v) is 17.2. The van der Waals surface area contributed by atoms with Gasteiger partial charge in [0, 0.05) is 16.5 Å². The highest BCUT2D eigenvalue weighted by atomic mass is 16.6. The molecule has 2 saturated heterocycles. The monoisotopic (exact) mass is 885 g/mol. The summed E-state index contributed by atoms with van der Waals surface area (Å²) in [7, 11) is 1.59. The van der Waals surface area contributed by atoms with Crippen LogP contribution in [0.2, 0.25) is 0 Å². The highest BCUT2D eigenvalue weighted by molar-refractivity contribution is 5.97. The summed E-state index contributed by atoms with van der Waals surface area (Å²) in [5.41, 5.74) is 3.21. The molecule has 0 aromatic heterocycles. The van der Waals surface area contributed by atoms with Crippen molar-refractivity contribution < 1.29 is 43.5 Å². The molecule has 9 rings (SSSR count).